The molecule has 2 atom stereocenters. The van der Waals surface area contributed by atoms with Crippen LogP contribution in [0.2, 0.25) is 0 Å². The maximum atomic E-state index is 5.57. The molecule has 2 unspecified atom stereocenters. The minimum Gasteiger partial charge on any atom is -0.319 e. The fraction of sp³-hybridized carbons (Fsp3) is 1.00. The highest BCUT2D eigenvalue weighted by molar-refractivity contribution is 9.09. The number of rotatable bonds is 8. The normalized spacial score (nSPS) is 15.7. The van der Waals surface area contributed by atoms with Crippen molar-refractivity contribution in [3.63, 3.8) is 0 Å². The summed E-state index contributed by atoms with van der Waals surface area (Å²) in [6.07, 6.45) is 8.50. The molecule has 0 heterocycles. The molecule has 0 aromatic heterocycles. The van der Waals surface area contributed by atoms with E-state index >= 15 is 0 Å². The Kier molecular flexibility index (Phi) is 10.1. The van der Waals surface area contributed by atoms with Gasteiger partial charge in [0.15, 0.2) is 0 Å². The van der Waals surface area contributed by atoms with Crippen molar-refractivity contribution in [1.82, 2.24) is 0 Å². The zero-order valence-corrected chi connectivity index (χ0v) is 11.2. The largest absolute Gasteiger partial charge is 0.319 e. The minimum atomic E-state index is 0.184. The molecule has 0 saturated carbocycles. The number of hydrogen-bond acceptors (Lipinski definition) is 2. The highest BCUT2D eigenvalue weighted by Gasteiger charge is 1.97. The Morgan fingerprint density at radius 2 is 1.00 bits per heavy atom. The second-order valence-electron chi connectivity index (χ2n) is 3.38. The van der Waals surface area contributed by atoms with Gasteiger partial charge >= 0.3 is 0 Å². The molecular weight excluding hydrogens is 296 g/mol. The van der Waals surface area contributed by atoms with Crippen LogP contribution in [0.5, 0.6) is 0 Å². The maximum absolute atomic E-state index is 5.57. The van der Waals surface area contributed by atoms with Crippen LogP contribution in [0.25, 0.3) is 0 Å². The summed E-state index contributed by atoms with van der Waals surface area (Å²) in [6.45, 7) is 0. The molecule has 80 valence electrons. The van der Waals surface area contributed by atoms with Gasteiger partial charge in [-0.2, -0.15) is 0 Å². The average Bonchev–Trinajstić information content (AvgIpc) is 2.01. The number of unbranched alkanes of at least 4 members (excludes halogenated alkanes) is 4. The van der Waals surface area contributed by atoms with Crippen LogP contribution in [0.4, 0.5) is 0 Å². The molecule has 0 saturated heterocycles. The maximum Gasteiger partial charge on any atom is 0.0605 e. The lowest BCUT2D eigenvalue weighted by molar-refractivity contribution is 0.575. The van der Waals surface area contributed by atoms with E-state index in [2.05, 4.69) is 31.9 Å². The van der Waals surface area contributed by atoms with Crippen molar-refractivity contribution in [2.75, 3.05) is 0 Å². The zero-order chi connectivity index (χ0) is 10.1. The highest BCUT2D eigenvalue weighted by atomic mass is 79.9. The van der Waals surface area contributed by atoms with Crippen LogP contribution in [0.1, 0.15) is 44.9 Å². The van der Waals surface area contributed by atoms with E-state index in [0.717, 1.165) is 12.8 Å². The first-order valence-corrected chi connectivity index (χ1v) is 6.75. The quantitative estimate of drug-likeness (QED) is 0.411. The molecule has 0 amide bonds. The third kappa shape index (κ3) is 12.9. The van der Waals surface area contributed by atoms with E-state index in [1.807, 2.05) is 0 Å². The smallest absolute Gasteiger partial charge is 0.0605 e. The van der Waals surface area contributed by atoms with E-state index in [4.69, 9.17) is 11.5 Å². The molecule has 0 radical (unpaired) electrons. The van der Waals surface area contributed by atoms with Crippen molar-refractivity contribution in [2.45, 2.75) is 54.8 Å². The third-order valence-electron chi connectivity index (χ3n) is 1.96. The lowest BCUT2D eigenvalue weighted by Crippen LogP contribution is -2.10. The molecule has 0 rings (SSSR count). The third-order valence-corrected chi connectivity index (χ3v) is 2.88. The molecule has 4 N–H and O–H groups in total. The summed E-state index contributed by atoms with van der Waals surface area (Å²) in [5, 5.41) is 0. The summed E-state index contributed by atoms with van der Waals surface area (Å²) in [4.78, 5) is 0.368. The SMILES string of the molecule is NC(Br)CCCCCCCC(N)Br. The van der Waals surface area contributed by atoms with Crippen LogP contribution in [0.3, 0.4) is 0 Å². The van der Waals surface area contributed by atoms with Gasteiger partial charge in [-0.3, -0.25) is 0 Å². The first-order chi connectivity index (χ1) is 6.13. The van der Waals surface area contributed by atoms with Crippen molar-refractivity contribution in [3.8, 4) is 0 Å². The fourth-order valence-corrected chi connectivity index (χ4v) is 1.86. The second-order valence-corrected chi connectivity index (χ2v) is 5.73. The molecule has 0 aliphatic rings. The number of alkyl halides is 2. The van der Waals surface area contributed by atoms with Crippen LogP contribution in [0.15, 0.2) is 0 Å². The van der Waals surface area contributed by atoms with Crippen molar-refractivity contribution < 1.29 is 0 Å². The molecule has 0 aromatic rings. The fourth-order valence-electron chi connectivity index (χ4n) is 1.21. The van der Waals surface area contributed by atoms with Gasteiger partial charge in [0.25, 0.3) is 0 Å². The van der Waals surface area contributed by atoms with Crippen LogP contribution in [0, 0.1) is 0 Å². The lowest BCUT2D eigenvalue weighted by Gasteiger charge is -2.04. The van der Waals surface area contributed by atoms with Crippen molar-refractivity contribution in [3.05, 3.63) is 0 Å². The molecule has 0 aliphatic carbocycles. The molecule has 0 bridgehead atoms. The molecule has 13 heavy (non-hydrogen) atoms. The van der Waals surface area contributed by atoms with E-state index in [1.54, 1.807) is 0 Å². The predicted molar refractivity (Wildman–Crippen MR) is 66.1 cm³/mol. The highest BCUT2D eigenvalue weighted by Crippen LogP contribution is 2.11. The zero-order valence-electron chi connectivity index (χ0n) is 8.02. The first-order valence-electron chi connectivity index (χ1n) is 4.92. The Hall–Kier alpha value is 0.880. The van der Waals surface area contributed by atoms with Crippen molar-refractivity contribution in [1.29, 1.82) is 0 Å². The Balaban J connectivity index is 2.92. The van der Waals surface area contributed by atoms with Gasteiger partial charge in [-0.05, 0) is 12.8 Å². The van der Waals surface area contributed by atoms with Crippen LogP contribution in [-0.2, 0) is 0 Å². The lowest BCUT2D eigenvalue weighted by atomic mass is 10.1. The van der Waals surface area contributed by atoms with Gasteiger partial charge in [-0.1, -0.05) is 64.0 Å². The van der Waals surface area contributed by atoms with Gasteiger partial charge in [0.05, 0.1) is 9.90 Å². The number of halogens is 2. The Morgan fingerprint density at radius 1 is 0.692 bits per heavy atom. The average molecular weight is 316 g/mol. The van der Waals surface area contributed by atoms with Gasteiger partial charge < -0.3 is 11.5 Å². The summed E-state index contributed by atoms with van der Waals surface area (Å²) >= 11 is 6.66. The molecule has 0 aliphatic heterocycles. The van der Waals surface area contributed by atoms with E-state index < -0.39 is 0 Å². The van der Waals surface area contributed by atoms with Crippen LogP contribution in [-0.4, -0.2) is 9.90 Å². The van der Waals surface area contributed by atoms with E-state index in [1.165, 1.54) is 32.1 Å². The molecule has 0 aromatic carbocycles. The second kappa shape index (κ2) is 9.44. The van der Waals surface area contributed by atoms with Gasteiger partial charge in [-0.15, -0.1) is 0 Å². The van der Waals surface area contributed by atoms with Gasteiger partial charge in [-0.25, -0.2) is 0 Å². The molecular formula is C9H20Br2N2. The van der Waals surface area contributed by atoms with Crippen LogP contribution >= 0.6 is 31.9 Å². The topological polar surface area (TPSA) is 52.0 Å². The van der Waals surface area contributed by atoms with Crippen LogP contribution < -0.4 is 11.5 Å². The Morgan fingerprint density at radius 3 is 1.31 bits per heavy atom. The van der Waals surface area contributed by atoms with Gasteiger partial charge in [0, 0.05) is 0 Å². The minimum absolute atomic E-state index is 0.184. The summed E-state index contributed by atoms with van der Waals surface area (Å²) in [6, 6.07) is 0. The molecule has 0 fully saturated rings. The first kappa shape index (κ1) is 13.9. The number of nitrogens with two attached hydrogens (primary N) is 2. The summed E-state index contributed by atoms with van der Waals surface area (Å²) in [7, 11) is 0. The molecule has 2 nitrogen and oxygen atoms in total. The Labute approximate surface area is 98.1 Å². The molecule has 0 spiro atoms. The Bertz CT molecular complexity index is 95.8. The van der Waals surface area contributed by atoms with Gasteiger partial charge in [0.2, 0.25) is 0 Å². The van der Waals surface area contributed by atoms with E-state index in [0.29, 0.717) is 0 Å². The molecule has 4 heteroatoms. The van der Waals surface area contributed by atoms with E-state index in [-0.39, 0.29) is 9.90 Å². The number of hydrogen-bond donors (Lipinski definition) is 2. The standard InChI is InChI=1S/C9H20Br2N2/c10-8(12)6-4-2-1-3-5-7-9(11)13/h8-9H,1-7,12-13H2. The van der Waals surface area contributed by atoms with E-state index in [9.17, 15) is 0 Å². The van der Waals surface area contributed by atoms with Crippen molar-refractivity contribution >= 4 is 31.9 Å². The summed E-state index contributed by atoms with van der Waals surface area (Å²) in [5.41, 5.74) is 11.1. The summed E-state index contributed by atoms with van der Waals surface area (Å²) in [5.74, 6) is 0. The summed E-state index contributed by atoms with van der Waals surface area (Å²) < 4.78 is 0. The monoisotopic (exact) mass is 314 g/mol. The van der Waals surface area contributed by atoms with Crippen molar-refractivity contribution in [2.24, 2.45) is 11.5 Å². The van der Waals surface area contributed by atoms with Gasteiger partial charge in [0.1, 0.15) is 0 Å². The predicted octanol–water partition coefficient (Wildman–Crippen LogP) is 3.08.